The second-order valence-corrected chi connectivity index (χ2v) is 5.54. The minimum absolute atomic E-state index is 0.153. The Morgan fingerprint density at radius 2 is 1.96 bits per heavy atom. The number of benzene rings is 2. The molecular weight excluding hydrogens is 344 g/mol. The van der Waals surface area contributed by atoms with Crippen molar-refractivity contribution in [2.45, 2.75) is 6.92 Å². The Labute approximate surface area is 151 Å². The smallest absolute Gasteiger partial charge is 0.277 e. The number of rotatable bonds is 7. The van der Waals surface area contributed by atoms with Crippen LogP contribution in [0, 0.1) is 6.92 Å². The molecule has 0 heterocycles. The molecule has 0 saturated carbocycles. The topological polar surface area (TPSA) is 69.2 Å². The first-order chi connectivity index (χ1) is 12.0. The van der Waals surface area contributed by atoms with Gasteiger partial charge in [0.25, 0.3) is 5.91 Å². The minimum atomic E-state index is -0.377. The Morgan fingerprint density at radius 3 is 2.64 bits per heavy atom. The minimum Gasteiger partial charge on any atom is -0.497 e. The van der Waals surface area contributed by atoms with E-state index in [1.54, 1.807) is 50.6 Å². The molecule has 25 heavy (non-hydrogen) atoms. The van der Waals surface area contributed by atoms with E-state index in [4.69, 9.17) is 25.8 Å². The Balaban J connectivity index is 1.90. The van der Waals surface area contributed by atoms with Crippen LogP contribution in [0.1, 0.15) is 11.1 Å². The first-order valence-electron chi connectivity index (χ1n) is 7.46. The van der Waals surface area contributed by atoms with Crippen molar-refractivity contribution in [3.63, 3.8) is 0 Å². The van der Waals surface area contributed by atoms with E-state index in [1.165, 1.54) is 6.21 Å². The number of carbonyl (C=O) groups is 1. The van der Waals surface area contributed by atoms with Gasteiger partial charge in [-0.1, -0.05) is 11.6 Å². The summed E-state index contributed by atoms with van der Waals surface area (Å²) in [7, 11) is 3.12. The maximum Gasteiger partial charge on any atom is 0.277 e. The summed E-state index contributed by atoms with van der Waals surface area (Å²) in [6, 6.07) is 10.5. The summed E-state index contributed by atoms with van der Waals surface area (Å²) >= 11 is 5.88. The van der Waals surface area contributed by atoms with Gasteiger partial charge < -0.3 is 14.2 Å². The molecule has 0 spiro atoms. The lowest BCUT2D eigenvalue weighted by atomic mass is 10.2. The fraction of sp³-hybridized carbons (Fsp3) is 0.222. The Morgan fingerprint density at radius 1 is 1.16 bits per heavy atom. The maximum absolute atomic E-state index is 11.8. The molecule has 2 rings (SSSR count). The highest BCUT2D eigenvalue weighted by Crippen LogP contribution is 2.23. The Bertz CT molecular complexity index is 778. The van der Waals surface area contributed by atoms with Crippen molar-refractivity contribution in [2.75, 3.05) is 20.8 Å². The van der Waals surface area contributed by atoms with E-state index in [0.29, 0.717) is 27.8 Å². The lowest BCUT2D eigenvalue weighted by Gasteiger charge is -2.08. The average molecular weight is 363 g/mol. The summed E-state index contributed by atoms with van der Waals surface area (Å²) in [5, 5.41) is 4.53. The van der Waals surface area contributed by atoms with Crippen LogP contribution in [0.2, 0.25) is 5.02 Å². The molecular formula is C18H19ClN2O4. The van der Waals surface area contributed by atoms with Crippen LogP contribution in [0.3, 0.4) is 0 Å². The summed E-state index contributed by atoms with van der Waals surface area (Å²) in [5.74, 6) is 1.48. The van der Waals surface area contributed by atoms with Crippen LogP contribution in [-0.2, 0) is 4.79 Å². The molecule has 132 valence electrons. The summed E-state index contributed by atoms with van der Waals surface area (Å²) in [6.45, 7) is 1.70. The molecule has 0 unspecified atom stereocenters. The fourth-order valence-corrected chi connectivity index (χ4v) is 2.28. The molecule has 0 aliphatic heterocycles. The number of hydrogen-bond donors (Lipinski definition) is 1. The van der Waals surface area contributed by atoms with Gasteiger partial charge >= 0.3 is 0 Å². The molecule has 1 amide bonds. The molecule has 6 nitrogen and oxygen atoms in total. The molecule has 0 radical (unpaired) electrons. The lowest BCUT2D eigenvalue weighted by Crippen LogP contribution is -2.24. The van der Waals surface area contributed by atoms with E-state index < -0.39 is 0 Å². The first kappa shape index (κ1) is 18.6. The van der Waals surface area contributed by atoms with Crippen molar-refractivity contribution in [1.29, 1.82) is 0 Å². The molecule has 7 heteroatoms. The number of hydrogen-bond acceptors (Lipinski definition) is 5. The van der Waals surface area contributed by atoms with Gasteiger partial charge in [0.15, 0.2) is 6.61 Å². The molecule has 0 aliphatic rings. The Hall–Kier alpha value is -2.73. The summed E-state index contributed by atoms with van der Waals surface area (Å²) < 4.78 is 15.8. The number of methoxy groups -OCH3 is 2. The number of carbonyl (C=O) groups excluding carboxylic acids is 1. The molecule has 2 aromatic rings. The summed E-state index contributed by atoms with van der Waals surface area (Å²) in [6.07, 6.45) is 1.49. The predicted octanol–water partition coefficient (Wildman–Crippen LogP) is 3.19. The third-order valence-corrected chi connectivity index (χ3v) is 3.56. The van der Waals surface area contributed by atoms with Crippen LogP contribution < -0.4 is 19.6 Å². The fourth-order valence-electron chi connectivity index (χ4n) is 2.05. The quantitative estimate of drug-likeness (QED) is 0.606. The maximum atomic E-state index is 11.8. The van der Waals surface area contributed by atoms with Crippen LogP contribution >= 0.6 is 11.6 Å². The molecule has 0 fully saturated rings. The van der Waals surface area contributed by atoms with E-state index in [2.05, 4.69) is 10.5 Å². The van der Waals surface area contributed by atoms with Gasteiger partial charge in [0.2, 0.25) is 0 Å². The van der Waals surface area contributed by atoms with E-state index in [0.717, 1.165) is 5.56 Å². The van der Waals surface area contributed by atoms with Crippen molar-refractivity contribution >= 4 is 23.7 Å². The molecule has 0 aromatic heterocycles. The first-order valence-corrected chi connectivity index (χ1v) is 7.84. The number of hydrazone groups is 1. The van der Waals surface area contributed by atoms with Crippen LogP contribution in [0.5, 0.6) is 17.2 Å². The summed E-state index contributed by atoms with van der Waals surface area (Å²) in [4.78, 5) is 11.8. The third kappa shape index (κ3) is 5.39. The van der Waals surface area contributed by atoms with Gasteiger partial charge in [0, 0.05) is 16.7 Å². The normalized spacial score (nSPS) is 10.6. The van der Waals surface area contributed by atoms with Gasteiger partial charge in [-0.2, -0.15) is 5.10 Å². The zero-order valence-corrected chi connectivity index (χ0v) is 15.0. The van der Waals surface area contributed by atoms with Crippen LogP contribution in [0.4, 0.5) is 0 Å². The number of amides is 1. The molecule has 2 aromatic carbocycles. The highest BCUT2D eigenvalue weighted by atomic mass is 35.5. The van der Waals surface area contributed by atoms with Crippen LogP contribution in [0.15, 0.2) is 41.5 Å². The van der Waals surface area contributed by atoms with Gasteiger partial charge in [-0.05, 0) is 42.8 Å². The van der Waals surface area contributed by atoms with Gasteiger partial charge in [-0.3, -0.25) is 4.79 Å². The molecule has 0 bridgehead atoms. The van der Waals surface area contributed by atoms with Crippen molar-refractivity contribution in [2.24, 2.45) is 5.10 Å². The van der Waals surface area contributed by atoms with E-state index >= 15 is 0 Å². The van der Waals surface area contributed by atoms with Gasteiger partial charge in [-0.15, -0.1) is 0 Å². The van der Waals surface area contributed by atoms with Crippen molar-refractivity contribution in [3.05, 3.63) is 52.5 Å². The zero-order chi connectivity index (χ0) is 18.2. The molecule has 0 saturated heterocycles. The Kier molecular flexibility index (Phi) is 6.65. The number of ether oxygens (including phenoxy) is 3. The van der Waals surface area contributed by atoms with Gasteiger partial charge in [-0.25, -0.2) is 5.43 Å². The predicted molar refractivity (Wildman–Crippen MR) is 97.0 cm³/mol. The van der Waals surface area contributed by atoms with Gasteiger partial charge in [0.05, 0.1) is 20.4 Å². The van der Waals surface area contributed by atoms with E-state index in [-0.39, 0.29) is 12.5 Å². The van der Waals surface area contributed by atoms with E-state index in [9.17, 15) is 4.79 Å². The molecule has 1 N–H and O–H groups in total. The largest absolute Gasteiger partial charge is 0.497 e. The van der Waals surface area contributed by atoms with Crippen molar-refractivity contribution in [1.82, 2.24) is 5.43 Å². The highest BCUT2D eigenvalue weighted by Gasteiger charge is 2.06. The SMILES string of the molecule is COc1ccc(/C=N/NC(=O)COc2ccc(Cl)cc2C)c(OC)c1. The van der Waals surface area contributed by atoms with Crippen molar-refractivity contribution in [3.8, 4) is 17.2 Å². The number of nitrogens with one attached hydrogen (secondary N) is 1. The third-order valence-electron chi connectivity index (χ3n) is 3.33. The van der Waals surface area contributed by atoms with Gasteiger partial charge in [0.1, 0.15) is 17.2 Å². The number of nitrogens with zero attached hydrogens (tertiary/aromatic N) is 1. The monoisotopic (exact) mass is 362 g/mol. The molecule has 0 aliphatic carbocycles. The second kappa shape index (κ2) is 8.94. The number of halogens is 1. The highest BCUT2D eigenvalue weighted by molar-refractivity contribution is 6.30. The molecule has 0 atom stereocenters. The zero-order valence-electron chi connectivity index (χ0n) is 14.2. The van der Waals surface area contributed by atoms with Crippen molar-refractivity contribution < 1.29 is 19.0 Å². The van der Waals surface area contributed by atoms with Crippen LogP contribution in [-0.4, -0.2) is 32.9 Å². The van der Waals surface area contributed by atoms with E-state index in [1.807, 2.05) is 6.92 Å². The average Bonchev–Trinajstić information content (AvgIpc) is 2.61. The van der Waals surface area contributed by atoms with Crippen LogP contribution in [0.25, 0.3) is 0 Å². The lowest BCUT2D eigenvalue weighted by molar-refractivity contribution is -0.123. The standard InChI is InChI=1S/C18H19ClN2O4/c1-12-8-14(19)5-7-16(12)25-11-18(22)21-20-10-13-4-6-15(23-2)9-17(13)24-3/h4-10H,11H2,1-3H3,(H,21,22)/b20-10+. The summed E-state index contributed by atoms with van der Waals surface area (Å²) in [5.41, 5.74) is 3.96. The number of aryl methyl sites for hydroxylation is 1. The second-order valence-electron chi connectivity index (χ2n) is 5.10.